The molecule has 0 atom stereocenters. The summed E-state index contributed by atoms with van der Waals surface area (Å²) in [6.45, 7) is 1.97. The molecule has 0 unspecified atom stereocenters. The first-order chi connectivity index (χ1) is 12.6. The summed E-state index contributed by atoms with van der Waals surface area (Å²) in [5.74, 6) is -0.248. The fourth-order valence-corrected chi connectivity index (χ4v) is 4.08. The molecule has 1 N–H and O–H groups in total. The number of aryl methyl sites for hydroxylation is 1. The molecular weight excluding hydrogens is 322 g/mol. The van der Waals surface area contributed by atoms with Crippen LogP contribution in [0.3, 0.4) is 0 Å². The second-order valence-electron chi connectivity index (χ2n) is 7.29. The van der Waals surface area contributed by atoms with E-state index in [-0.39, 0.29) is 0 Å². The number of carboxylic acid groups (broad SMARTS) is 1. The zero-order valence-corrected chi connectivity index (χ0v) is 15.0. The Bertz CT molecular complexity index is 954. The van der Waals surface area contributed by atoms with E-state index in [0.717, 1.165) is 22.3 Å². The zero-order valence-electron chi connectivity index (χ0n) is 15.0. The zero-order chi connectivity index (χ0) is 18.1. The summed E-state index contributed by atoms with van der Waals surface area (Å²) in [6.07, 6.45) is 6.54. The van der Waals surface area contributed by atoms with E-state index in [9.17, 15) is 9.90 Å². The number of carboxylic acids is 1. The Labute approximate surface area is 153 Å². The fraction of sp³-hybridized carbons (Fsp3) is 0.304. The van der Waals surface area contributed by atoms with Crippen molar-refractivity contribution in [1.29, 1.82) is 0 Å². The summed E-state index contributed by atoms with van der Waals surface area (Å²) in [5, 5.41) is 10.3. The van der Waals surface area contributed by atoms with Gasteiger partial charge in [0.15, 0.2) is 0 Å². The van der Waals surface area contributed by atoms with Crippen LogP contribution < -0.4 is 0 Å². The van der Waals surface area contributed by atoms with Gasteiger partial charge in [0.2, 0.25) is 0 Å². The van der Waals surface area contributed by atoms with Gasteiger partial charge in [0.25, 0.3) is 0 Å². The molecule has 3 heteroatoms. The van der Waals surface area contributed by atoms with E-state index in [1.807, 2.05) is 25.1 Å². The van der Waals surface area contributed by atoms with Crippen LogP contribution in [0.25, 0.3) is 22.2 Å². The summed E-state index contributed by atoms with van der Waals surface area (Å²) in [6, 6.07) is 15.9. The lowest BCUT2D eigenvalue weighted by molar-refractivity contribution is 0.0699. The number of benzene rings is 2. The maximum atomic E-state index is 11.7. The number of aromatic nitrogens is 1. The summed E-state index contributed by atoms with van der Waals surface area (Å²) < 4.78 is 0. The van der Waals surface area contributed by atoms with Crippen molar-refractivity contribution in [1.82, 2.24) is 4.98 Å². The molecule has 1 saturated carbocycles. The monoisotopic (exact) mass is 345 g/mol. The molecule has 1 heterocycles. The average Bonchev–Trinajstić information content (AvgIpc) is 2.68. The Morgan fingerprint density at radius 1 is 1.04 bits per heavy atom. The van der Waals surface area contributed by atoms with Crippen molar-refractivity contribution in [3.8, 4) is 11.3 Å². The van der Waals surface area contributed by atoms with Gasteiger partial charge in [-0.25, -0.2) is 9.78 Å². The van der Waals surface area contributed by atoms with Crippen molar-refractivity contribution >= 4 is 16.9 Å². The summed E-state index contributed by atoms with van der Waals surface area (Å²) >= 11 is 0. The predicted octanol–water partition coefficient (Wildman–Crippen LogP) is 5.96. The van der Waals surface area contributed by atoms with E-state index >= 15 is 0 Å². The fourth-order valence-electron chi connectivity index (χ4n) is 4.08. The minimum Gasteiger partial charge on any atom is -0.478 e. The highest BCUT2D eigenvalue weighted by molar-refractivity contribution is 6.04. The van der Waals surface area contributed by atoms with Crippen LogP contribution in [-0.2, 0) is 0 Å². The first-order valence-corrected chi connectivity index (χ1v) is 9.37. The Hall–Kier alpha value is -2.68. The largest absolute Gasteiger partial charge is 0.478 e. The van der Waals surface area contributed by atoms with E-state index in [1.165, 1.54) is 37.7 Å². The standard InChI is InChI=1S/C23H23NO2/c1-15-6-5-9-19-20(23(25)26)14-21(24-22(15)19)18-12-10-17(11-13-18)16-7-3-2-4-8-16/h5-6,9-14,16H,2-4,7-8H2,1H3,(H,25,26). The molecule has 1 aromatic heterocycles. The van der Waals surface area contributed by atoms with Crippen molar-refractivity contribution in [3.05, 3.63) is 65.2 Å². The molecule has 26 heavy (non-hydrogen) atoms. The number of carbonyl (C=O) groups is 1. The van der Waals surface area contributed by atoms with Crippen LogP contribution in [0.1, 0.15) is 59.5 Å². The molecule has 2 aromatic carbocycles. The number of aromatic carboxylic acids is 1. The van der Waals surface area contributed by atoms with E-state index in [4.69, 9.17) is 4.98 Å². The molecule has 0 spiro atoms. The number of para-hydroxylation sites is 1. The summed E-state index contributed by atoms with van der Waals surface area (Å²) in [7, 11) is 0. The minimum atomic E-state index is -0.914. The van der Waals surface area contributed by atoms with Crippen molar-refractivity contribution in [3.63, 3.8) is 0 Å². The molecule has 1 fully saturated rings. The third kappa shape index (κ3) is 3.10. The lowest BCUT2D eigenvalue weighted by atomic mass is 9.84. The van der Waals surface area contributed by atoms with E-state index in [2.05, 4.69) is 24.3 Å². The maximum Gasteiger partial charge on any atom is 0.336 e. The van der Waals surface area contributed by atoms with Gasteiger partial charge in [0, 0.05) is 10.9 Å². The van der Waals surface area contributed by atoms with Gasteiger partial charge in [-0.05, 0) is 42.9 Å². The van der Waals surface area contributed by atoms with Gasteiger partial charge in [-0.3, -0.25) is 0 Å². The molecule has 0 bridgehead atoms. The molecule has 1 aliphatic rings. The van der Waals surface area contributed by atoms with E-state index in [1.54, 1.807) is 6.07 Å². The second-order valence-corrected chi connectivity index (χ2v) is 7.29. The Kier molecular flexibility index (Phi) is 4.46. The minimum absolute atomic E-state index is 0.310. The quantitative estimate of drug-likeness (QED) is 0.637. The third-order valence-electron chi connectivity index (χ3n) is 5.55. The van der Waals surface area contributed by atoms with Crippen molar-refractivity contribution in [2.45, 2.75) is 44.9 Å². The molecule has 132 valence electrons. The van der Waals surface area contributed by atoms with Crippen LogP contribution in [-0.4, -0.2) is 16.1 Å². The van der Waals surface area contributed by atoms with Gasteiger partial charge in [-0.2, -0.15) is 0 Å². The highest BCUT2D eigenvalue weighted by Gasteiger charge is 2.17. The number of hydrogen-bond acceptors (Lipinski definition) is 2. The summed E-state index contributed by atoms with van der Waals surface area (Å²) in [4.78, 5) is 16.5. The van der Waals surface area contributed by atoms with Crippen LogP contribution in [0, 0.1) is 6.92 Å². The van der Waals surface area contributed by atoms with Gasteiger partial charge in [-0.1, -0.05) is 61.7 Å². The molecule has 0 amide bonds. The molecule has 0 aliphatic heterocycles. The van der Waals surface area contributed by atoms with Gasteiger partial charge < -0.3 is 5.11 Å². The maximum absolute atomic E-state index is 11.7. The van der Waals surface area contributed by atoms with E-state index < -0.39 is 5.97 Å². The number of rotatable bonds is 3. The Morgan fingerprint density at radius 2 is 1.77 bits per heavy atom. The summed E-state index contributed by atoms with van der Waals surface area (Å²) in [5.41, 5.74) is 5.15. The average molecular weight is 345 g/mol. The number of nitrogens with zero attached hydrogens (tertiary/aromatic N) is 1. The normalized spacial score (nSPS) is 15.3. The molecule has 0 saturated heterocycles. The first kappa shape index (κ1) is 16.8. The van der Waals surface area contributed by atoms with Crippen LogP contribution in [0.4, 0.5) is 0 Å². The lowest BCUT2D eigenvalue weighted by Gasteiger charge is -2.22. The van der Waals surface area contributed by atoms with Crippen molar-refractivity contribution in [2.75, 3.05) is 0 Å². The van der Waals surface area contributed by atoms with Gasteiger partial charge in [-0.15, -0.1) is 0 Å². The highest BCUT2D eigenvalue weighted by Crippen LogP contribution is 2.34. The van der Waals surface area contributed by atoms with Crippen LogP contribution in [0.15, 0.2) is 48.5 Å². The van der Waals surface area contributed by atoms with E-state index in [0.29, 0.717) is 16.9 Å². The molecule has 3 aromatic rings. The lowest BCUT2D eigenvalue weighted by Crippen LogP contribution is -2.04. The molecule has 1 aliphatic carbocycles. The highest BCUT2D eigenvalue weighted by atomic mass is 16.4. The van der Waals surface area contributed by atoms with Gasteiger partial charge in [0.1, 0.15) is 0 Å². The third-order valence-corrected chi connectivity index (χ3v) is 5.55. The number of fused-ring (bicyclic) bond motifs is 1. The molecule has 4 rings (SSSR count). The van der Waals surface area contributed by atoms with Crippen molar-refractivity contribution in [2.24, 2.45) is 0 Å². The number of pyridine rings is 1. The first-order valence-electron chi connectivity index (χ1n) is 9.37. The second kappa shape index (κ2) is 6.91. The van der Waals surface area contributed by atoms with Gasteiger partial charge >= 0.3 is 5.97 Å². The molecule has 0 radical (unpaired) electrons. The Morgan fingerprint density at radius 3 is 2.46 bits per heavy atom. The molecular formula is C23H23NO2. The number of hydrogen-bond donors (Lipinski definition) is 1. The molecule has 3 nitrogen and oxygen atoms in total. The van der Waals surface area contributed by atoms with Crippen LogP contribution in [0.5, 0.6) is 0 Å². The van der Waals surface area contributed by atoms with Gasteiger partial charge in [0.05, 0.1) is 16.8 Å². The van der Waals surface area contributed by atoms with Crippen LogP contribution in [0.2, 0.25) is 0 Å². The SMILES string of the molecule is Cc1cccc2c(C(=O)O)cc(-c3ccc(C4CCCCC4)cc3)nc12. The predicted molar refractivity (Wildman–Crippen MR) is 105 cm³/mol. The smallest absolute Gasteiger partial charge is 0.336 e. The van der Waals surface area contributed by atoms with Crippen LogP contribution >= 0.6 is 0 Å². The van der Waals surface area contributed by atoms with Crippen molar-refractivity contribution < 1.29 is 9.90 Å². The topological polar surface area (TPSA) is 50.2 Å². The Balaban J connectivity index is 1.76.